The van der Waals surface area contributed by atoms with E-state index in [1.165, 1.54) is 18.2 Å². The highest BCUT2D eigenvalue weighted by atomic mass is 32.2. The van der Waals surface area contributed by atoms with Gasteiger partial charge in [0.1, 0.15) is 5.75 Å². The van der Waals surface area contributed by atoms with Crippen molar-refractivity contribution in [3.8, 4) is 5.75 Å². The lowest BCUT2D eigenvalue weighted by molar-refractivity contribution is 0.0939. The van der Waals surface area contributed by atoms with E-state index in [9.17, 15) is 13.2 Å². The average Bonchev–Trinajstić information content (AvgIpc) is 2.71. The van der Waals surface area contributed by atoms with Gasteiger partial charge in [0.25, 0.3) is 15.9 Å². The number of ether oxygens (including phenoxy) is 1. The second-order valence-corrected chi connectivity index (χ2v) is 9.45. The lowest BCUT2D eigenvalue weighted by atomic mass is 10.2. The second kappa shape index (κ2) is 11.2. The molecule has 0 bridgehead atoms. The van der Waals surface area contributed by atoms with Crippen LogP contribution < -0.4 is 14.8 Å². The molecule has 31 heavy (non-hydrogen) atoms. The van der Waals surface area contributed by atoms with E-state index in [0.29, 0.717) is 42.2 Å². The quantitative estimate of drug-likeness (QED) is 0.548. The van der Waals surface area contributed by atoms with Crippen molar-refractivity contribution in [2.75, 3.05) is 24.4 Å². The molecule has 0 saturated heterocycles. The third kappa shape index (κ3) is 7.25. The highest BCUT2D eigenvalue weighted by Crippen LogP contribution is 2.20. The number of sulfonamides is 1. The third-order valence-electron chi connectivity index (χ3n) is 4.80. The first-order chi connectivity index (χ1) is 14.6. The summed E-state index contributed by atoms with van der Waals surface area (Å²) in [6.45, 7) is 12.1. The molecule has 2 aromatic carbocycles. The number of nitrogens with zero attached hydrogens (tertiary/aromatic N) is 1. The first-order valence-corrected chi connectivity index (χ1v) is 12.0. The van der Waals surface area contributed by atoms with Crippen LogP contribution in [-0.4, -0.2) is 51.0 Å². The van der Waals surface area contributed by atoms with Crippen molar-refractivity contribution in [1.29, 1.82) is 0 Å². The van der Waals surface area contributed by atoms with Gasteiger partial charge in [0.15, 0.2) is 0 Å². The van der Waals surface area contributed by atoms with Gasteiger partial charge in [0.05, 0.1) is 11.5 Å². The van der Waals surface area contributed by atoms with E-state index in [1.54, 1.807) is 30.3 Å². The maximum atomic E-state index is 12.7. The summed E-state index contributed by atoms with van der Waals surface area (Å²) < 4.78 is 33.2. The van der Waals surface area contributed by atoms with Crippen LogP contribution in [0.15, 0.2) is 53.4 Å². The lowest BCUT2D eigenvalue weighted by Gasteiger charge is -2.30. The Bertz CT molecular complexity index is 949. The Morgan fingerprint density at radius 2 is 1.68 bits per heavy atom. The highest BCUT2D eigenvalue weighted by Gasteiger charge is 2.16. The molecule has 170 valence electrons. The monoisotopic (exact) mass is 447 g/mol. The number of carbonyl (C=O) groups excluding carboxylic acids is 1. The molecule has 8 heteroatoms. The molecule has 0 atom stereocenters. The Labute approximate surface area is 185 Å². The normalized spacial score (nSPS) is 11.7. The van der Waals surface area contributed by atoms with Crippen LogP contribution in [0.2, 0.25) is 0 Å². The molecule has 0 radical (unpaired) electrons. The SMILES string of the molecule is CCOc1ccc(S(=O)(=O)Nc2cccc(C(=O)NCCN(C(C)C)C(C)C)c2)cc1. The molecule has 2 N–H and O–H groups in total. The molecule has 1 amide bonds. The van der Waals surface area contributed by atoms with Crippen LogP contribution in [0.25, 0.3) is 0 Å². The molecular weight excluding hydrogens is 414 g/mol. The van der Waals surface area contributed by atoms with Crippen molar-refractivity contribution < 1.29 is 17.9 Å². The van der Waals surface area contributed by atoms with Crippen molar-refractivity contribution in [2.24, 2.45) is 0 Å². The number of hydrogen-bond acceptors (Lipinski definition) is 5. The summed E-state index contributed by atoms with van der Waals surface area (Å²) in [6, 6.07) is 13.4. The number of nitrogens with one attached hydrogen (secondary N) is 2. The molecule has 0 aliphatic rings. The van der Waals surface area contributed by atoms with E-state index >= 15 is 0 Å². The molecule has 0 aliphatic carbocycles. The molecule has 7 nitrogen and oxygen atoms in total. The van der Waals surface area contributed by atoms with Gasteiger partial charge in [-0.05, 0) is 77.1 Å². The fourth-order valence-corrected chi connectivity index (χ4v) is 4.38. The zero-order valence-corrected chi connectivity index (χ0v) is 19.7. The number of anilines is 1. The summed E-state index contributed by atoms with van der Waals surface area (Å²) in [5.74, 6) is 0.364. The van der Waals surface area contributed by atoms with Gasteiger partial charge >= 0.3 is 0 Å². The smallest absolute Gasteiger partial charge is 0.261 e. The molecule has 2 rings (SSSR count). The largest absolute Gasteiger partial charge is 0.494 e. The third-order valence-corrected chi connectivity index (χ3v) is 6.20. The molecule has 0 heterocycles. The van der Waals surface area contributed by atoms with Crippen molar-refractivity contribution in [3.63, 3.8) is 0 Å². The van der Waals surface area contributed by atoms with Crippen LogP contribution in [-0.2, 0) is 10.0 Å². The van der Waals surface area contributed by atoms with Gasteiger partial charge in [-0.3, -0.25) is 14.4 Å². The van der Waals surface area contributed by atoms with E-state index in [4.69, 9.17) is 4.74 Å². The first kappa shape index (κ1) is 24.7. The molecule has 2 aromatic rings. The average molecular weight is 448 g/mol. The molecule has 0 fully saturated rings. The van der Waals surface area contributed by atoms with E-state index in [0.717, 1.165) is 6.54 Å². The van der Waals surface area contributed by atoms with E-state index in [1.807, 2.05) is 6.92 Å². The Morgan fingerprint density at radius 1 is 1.03 bits per heavy atom. The Morgan fingerprint density at radius 3 is 2.26 bits per heavy atom. The summed E-state index contributed by atoms with van der Waals surface area (Å²) >= 11 is 0. The minimum absolute atomic E-state index is 0.119. The van der Waals surface area contributed by atoms with Crippen molar-refractivity contribution in [1.82, 2.24) is 10.2 Å². The van der Waals surface area contributed by atoms with E-state index < -0.39 is 10.0 Å². The first-order valence-electron chi connectivity index (χ1n) is 10.5. The summed E-state index contributed by atoms with van der Waals surface area (Å²) in [4.78, 5) is 14.9. The Kier molecular flexibility index (Phi) is 8.88. The number of rotatable bonds is 11. The molecule has 0 saturated carbocycles. The van der Waals surface area contributed by atoms with Crippen molar-refractivity contribution in [3.05, 3.63) is 54.1 Å². The topological polar surface area (TPSA) is 87.7 Å². The number of carbonyl (C=O) groups is 1. The summed E-state index contributed by atoms with van der Waals surface area (Å²) in [7, 11) is -3.78. The van der Waals surface area contributed by atoms with Crippen LogP contribution in [0.3, 0.4) is 0 Å². The summed E-state index contributed by atoms with van der Waals surface area (Å²) in [5.41, 5.74) is 0.722. The van der Waals surface area contributed by atoms with Gasteiger partial charge in [0.2, 0.25) is 0 Å². The van der Waals surface area contributed by atoms with Gasteiger partial charge in [-0.2, -0.15) is 0 Å². The molecule has 0 spiro atoms. The van der Waals surface area contributed by atoms with Crippen LogP contribution in [0.4, 0.5) is 5.69 Å². The van der Waals surface area contributed by atoms with Crippen molar-refractivity contribution in [2.45, 2.75) is 51.6 Å². The van der Waals surface area contributed by atoms with Crippen LogP contribution in [0.5, 0.6) is 5.75 Å². The number of hydrogen-bond donors (Lipinski definition) is 2. The summed E-state index contributed by atoms with van der Waals surface area (Å²) in [6.07, 6.45) is 0. The molecule has 0 unspecified atom stereocenters. The second-order valence-electron chi connectivity index (χ2n) is 7.77. The number of amides is 1. The highest BCUT2D eigenvalue weighted by molar-refractivity contribution is 7.92. The van der Waals surface area contributed by atoms with Gasteiger partial charge in [-0.1, -0.05) is 6.07 Å². The Hall–Kier alpha value is -2.58. The minimum atomic E-state index is -3.78. The van der Waals surface area contributed by atoms with Gasteiger partial charge in [-0.15, -0.1) is 0 Å². The predicted octanol–water partition coefficient (Wildman–Crippen LogP) is 3.73. The Balaban J connectivity index is 2.03. The minimum Gasteiger partial charge on any atom is -0.494 e. The lowest BCUT2D eigenvalue weighted by Crippen LogP contribution is -2.42. The zero-order chi connectivity index (χ0) is 23.0. The fourth-order valence-electron chi connectivity index (χ4n) is 3.33. The van der Waals surface area contributed by atoms with Gasteiger partial charge in [0, 0.05) is 36.4 Å². The van der Waals surface area contributed by atoms with Crippen LogP contribution in [0, 0.1) is 0 Å². The molecule has 0 aliphatic heterocycles. The van der Waals surface area contributed by atoms with Crippen LogP contribution >= 0.6 is 0 Å². The van der Waals surface area contributed by atoms with Crippen LogP contribution in [0.1, 0.15) is 45.0 Å². The van der Waals surface area contributed by atoms with Gasteiger partial charge < -0.3 is 10.1 Å². The maximum Gasteiger partial charge on any atom is 0.261 e. The molecule has 0 aromatic heterocycles. The zero-order valence-electron chi connectivity index (χ0n) is 18.9. The number of benzene rings is 2. The summed E-state index contributed by atoms with van der Waals surface area (Å²) in [5, 5.41) is 2.91. The predicted molar refractivity (Wildman–Crippen MR) is 124 cm³/mol. The standard InChI is InChI=1S/C23H33N3O4S/c1-6-30-21-10-12-22(13-11-21)31(28,29)25-20-9-7-8-19(16-20)23(27)24-14-15-26(17(2)3)18(4)5/h7-13,16-18,25H,6,14-15H2,1-5H3,(H,24,27). The van der Waals surface area contributed by atoms with E-state index in [-0.39, 0.29) is 10.8 Å². The van der Waals surface area contributed by atoms with Gasteiger partial charge in [-0.25, -0.2) is 8.42 Å². The molecular formula is C23H33N3O4S. The maximum absolute atomic E-state index is 12.7. The fraction of sp³-hybridized carbons (Fsp3) is 0.435. The van der Waals surface area contributed by atoms with E-state index in [2.05, 4.69) is 42.6 Å². The van der Waals surface area contributed by atoms with Crippen molar-refractivity contribution >= 4 is 21.6 Å².